The lowest BCUT2D eigenvalue weighted by Gasteiger charge is -2.26. The van der Waals surface area contributed by atoms with Gasteiger partial charge < -0.3 is 20.3 Å². The van der Waals surface area contributed by atoms with E-state index in [4.69, 9.17) is 11.6 Å². The Labute approximate surface area is 222 Å². The summed E-state index contributed by atoms with van der Waals surface area (Å²) in [5.41, 5.74) is 3.54. The van der Waals surface area contributed by atoms with E-state index in [0.717, 1.165) is 41.3 Å². The first-order valence-electron chi connectivity index (χ1n) is 12.8. The van der Waals surface area contributed by atoms with E-state index in [1.54, 1.807) is 12.1 Å². The van der Waals surface area contributed by atoms with Crippen LogP contribution in [0.2, 0.25) is 5.02 Å². The zero-order valence-electron chi connectivity index (χ0n) is 21.1. The van der Waals surface area contributed by atoms with Gasteiger partial charge in [-0.15, -0.1) is 0 Å². The molecule has 1 aliphatic heterocycles. The van der Waals surface area contributed by atoms with Crippen molar-refractivity contribution in [2.45, 2.75) is 57.3 Å². The van der Waals surface area contributed by atoms with Gasteiger partial charge in [-0.2, -0.15) is 0 Å². The van der Waals surface area contributed by atoms with E-state index in [1.807, 2.05) is 42.0 Å². The number of carbonyl (C=O) groups excluding carboxylic acids is 1. The molecule has 2 aliphatic rings. The van der Waals surface area contributed by atoms with Gasteiger partial charge >= 0.3 is 0 Å². The molecule has 2 heterocycles. The monoisotopic (exact) mass is 544 g/mol. The molecule has 198 valence electrons. The number of hydrogen-bond acceptors (Lipinski definition) is 5. The molecule has 2 aromatic carbocycles. The Morgan fingerprint density at radius 3 is 2.68 bits per heavy atom. The molecule has 1 aliphatic carbocycles. The quantitative estimate of drug-likeness (QED) is 0.384. The Kier molecular flexibility index (Phi) is 7.24. The van der Waals surface area contributed by atoms with Crippen molar-refractivity contribution in [3.05, 3.63) is 64.3 Å². The fourth-order valence-electron chi connectivity index (χ4n) is 4.97. The predicted molar refractivity (Wildman–Crippen MR) is 147 cm³/mol. The number of anilines is 1. The van der Waals surface area contributed by atoms with Crippen LogP contribution < -0.4 is 14.9 Å². The minimum Gasteiger partial charge on any atom is -0.390 e. The molecule has 5 rings (SSSR count). The van der Waals surface area contributed by atoms with Crippen LogP contribution in [0.5, 0.6) is 0 Å². The number of aliphatic hydroxyl groups is 1. The molecule has 3 aromatic rings. The SMILES string of the molecule is CCc1cn2c3c(cc(C(=O)N[C@@H](Cc4ccccc4Cl)[C@H](O)CNC4CC4)cc13)N(C)S(=O)(=O)CC2. The molecule has 1 saturated carbocycles. The number of nitrogens with one attached hydrogen (secondary N) is 2. The summed E-state index contributed by atoms with van der Waals surface area (Å²) in [5.74, 6) is -0.377. The van der Waals surface area contributed by atoms with Gasteiger partial charge in [-0.05, 0) is 55.0 Å². The molecule has 8 nitrogen and oxygen atoms in total. The molecule has 10 heteroatoms. The van der Waals surface area contributed by atoms with Crippen LogP contribution in [0, 0.1) is 0 Å². The Hall–Kier alpha value is -2.59. The largest absolute Gasteiger partial charge is 0.390 e. The van der Waals surface area contributed by atoms with Crippen LogP contribution in [0.3, 0.4) is 0 Å². The summed E-state index contributed by atoms with van der Waals surface area (Å²) in [6, 6.07) is 10.7. The summed E-state index contributed by atoms with van der Waals surface area (Å²) in [6.07, 6.45) is 4.45. The number of nitrogens with zero attached hydrogens (tertiary/aromatic N) is 2. The van der Waals surface area contributed by atoms with Crippen LogP contribution in [0.4, 0.5) is 5.69 Å². The highest BCUT2D eigenvalue weighted by Crippen LogP contribution is 2.35. The number of halogens is 1. The van der Waals surface area contributed by atoms with Crippen LogP contribution in [-0.4, -0.2) is 61.5 Å². The second-order valence-corrected chi connectivity index (χ2v) is 12.5. The van der Waals surface area contributed by atoms with E-state index in [9.17, 15) is 18.3 Å². The molecule has 0 radical (unpaired) electrons. The average molecular weight is 545 g/mol. The van der Waals surface area contributed by atoms with E-state index in [2.05, 4.69) is 10.6 Å². The van der Waals surface area contributed by atoms with Crippen LogP contribution in [0.25, 0.3) is 10.9 Å². The maximum atomic E-state index is 13.6. The summed E-state index contributed by atoms with van der Waals surface area (Å²) < 4.78 is 28.9. The molecular weight excluding hydrogens is 512 g/mol. The number of aryl methyl sites for hydroxylation is 2. The van der Waals surface area contributed by atoms with Crippen LogP contribution in [-0.2, 0) is 29.4 Å². The van der Waals surface area contributed by atoms with Gasteiger partial charge in [0.2, 0.25) is 10.0 Å². The molecule has 0 unspecified atom stereocenters. The van der Waals surface area contributed by atoms with Gasteiger partial charge in [0.05, 0.1) is 29.1 Å². The van der Waals surface area contributed by atoms with Gasteiger partial charge in [0.15, 0.2) is 0 Å². The fourth-order valence-corrected chi connectivity index (χ4v) is 6.32. The number of aliphatic hydroxyl groups excluding tert-OH is 1. The third-order valence-corrected chi connectivity index (χ3v) is 9.49. The van der Waals surface area contributed by atoms with Gasteiger partial charge in [0.1, 0.15) is 0 Å². The molecule has 1 amide bonds. The average Bonchev–Trinajstić information content (AvgIpc) is 3.65. The number of sulfonamides is 1. The van der Waals surface area contributed by atoms with Crippen molar-refractivity contribution in [3.63, 3.8) is 0 Å². The Bertz CT molecular complexity index is 1430. The van der Waals surface area contributed by atoms with Gasteiger partial charge in [0, 0.05) is 48.3 Å². The highest BCUT2D eigenvalue weighted by molar-refractivity contribution is 7.92. The van der Waals surface area contributed by atoms with Crippen molar-refractivity contribution >= 4 is 44.1 Å². The number of hydrogen-bond donors (Lipinski definition) is 3. The summed E-state index contributed by atoms with van der Waals surface area (Å²) in [5, 5.41) is 18.8. The van der Waals surface area contributed by atoms with E-state index < -0.39 is 22.2 Å². The lowest BCUT2D eigenvalue weighted by Crippen LogP contribution is -2.49. The van der Waals surface area contributed by atoms with Gasteiger partial charge in [0.25, 0.3) is 5.91 Å². The minimum atomic E-state index is -3.52. The Balaban J connectivity index is 1.49. The molecule has 0 bridgehead atoms. The van der Waals surface area contributed by atoms with Crippen LogP contribution in [0.15, 0.2) is 42.6 Å². The van der Waals surface area contributed by atoms with Crippen molar-refractivity contribution in [1.29, 1.82) is 0 Å². The number of rotatable bonds is 9. The minimum absolute atomic E-state index is 0.00720. The standard InChI is InChI=1S/C27H33ClN4O4S/c1-3-17-16-32-10-11-37(35,36)31(2)24-14-19(12-21(17)26(24)32)27(34)30-23(25(33)15-29-20-8-9-20)13-18-6-4-5-7-22(18)28/h4-7,12,14,16,20,23,25,29,33H,3,8-11,13,15H2,1-2H3,(H,30,34)/t23-,25+/m0/s1. The first-order chi connectivity index (χ1) is 17.7. The molecule has 37 heavy (non-hydrogen) atoms. The topological polar surface area (TPSA) is 104 Å². The Morgan fingerprint density at radius 1 is 1.22 bits per heavy atom. The molecule has 1 aromatic heterocycles. The zero-order valence-corrected chi connectivity index (χ0v) is 22.6. The highest BCUT2D eigenvalue weighted by Gasteiger charge is 2.30. The van der Waals surface area contributed by atoms with E-state index in [1.165, 1.54) is 11.4 Å². The number of benzene rings is 2. The van der Waals surface area contributed by atoms with Crippen molar-refractivity contribution in [2.75, 3.05) is 23.7 Å². The molecule has 2 atom stereocenters. The lowest BCUT2D eigenvalue weighted by atomic mass is 9.99. The highest BCUT2D eigenvalue weighted by atomic mass is 35.5. The smallest absolute Gasteiger partial charge is 0.251 e. The van der Waals surface area contributed by atoms with Gasteiger partial charge in [-0.1, -0.05) is 36.7 Å². The fraction of sp³-hybridized carbons (Fsp3) is 0.444. The summed E-state index contributed by atoms with van der Waals surface area (Å²) in [4.78, 5) is 13.6. The van der Waals surface area contributed by atoms with E-state index >= 15 is 0 Å². The zero-order chi connectivity index (χ0) is 26.3. The van der Waals surface area contributed by atoms with Crippen LogP contribution >= 0.6 is 11.6 Å². The summed E-state index contributed by atoms with van der Waals surface area (Å²) in [6.45, 7) is 2.76. The van der Waals surface area contributed by atoms with E-state index in [0.29, 0.717) is 41.8 Å². The maximum Gasteiger partial charge on any atom is 0.251 e. The summed E-state index contributed by atoms with van der Waals surface area (Å²) >= 11 is 6.39. The second-order valence-electron chi connectivity index (χ2n) is 10.0. The van der Waals surface area contributed by atoms with Crippen molar-refractivity contribution < 1.29 is 18.3 Å². The third-order valence-electron chi connectivity index (χ3n) is 7.40. The molecule has 0 saturated heterocycles. The summed E-state index contributed by atoms with van der Waals surface area (Å²) in [7, 11) is -1.98. The number of carbonyl (C=O) groups is 1. The van der Waals surface area contributed by atoms with Crippen LogP contribution in [0.1, 0.15) is 41.3 Å². The van der Waals surface area contributed by atoms with Gasteiger partial charge in [-0.25, -0.2) is 8.42 Å². The molecule has 3 N–H and O–H groups in total. The first-order valence-corrected chi connectivity index (χ1v) is 14.7. The molecular formula is C27H33ClN4O4S. The predicted octanol–water partition coefficient (Wildman–Crippen LogP) is 3.09. The normalized spacial score (nSPS) is 18.4. The number of aromatic nitrogens is 1. The van der Waals surface area contributed by atoms with E-state index in [-0.39, 0.29) is 11.7 Å². The lowest BCUT2D eigenvalue weighted by molar-refractivity contribution is 0.0830. The number of amides is 1. The first kappa shape index (κ1) is 26.0. The molecule has 1 fully saturated rings. The van der Waals surface area contributed by atoms with Crippen molar-refractivity contribution in [3.8, 4) is 0 Å². The Morgan fingerprint density at radius 2 is 1.97 bits per heavy atom. The third kappa shape index (κ3) is 5.36. The maximum absolute atomic E-state index is 13.6. The van der Waals surface area contributed by atoms with Gasteiger partial charge in [-0.3, -0.25) is 9.10 Å². The second kappa shape index (κ2) is 10.3. The molecule has 0 spiro atoms. The van der Waals surface area contributed by atoms with Crippen molar-refractivity contribution in [2.24, 2.45) is 0 Å². The van der Waals surface area contributed by atoms with Crippen molar-refractivity contribution in [1.82, 2.24) is 15.2 Å².